The van der Waals surface area contributed by atoms with Gasteiger partial charge in [-0.15, -0.1) is 0 Å². The number of hydrogen-bond acceptors (Lipinski definition) is 4. The highest BCUT2D eigenvalue weighted by atomic mass is 35.5. The Labute approximate surface area is 139 Å². The highest BCUT2D eigenvalue weighted by molar-refractivity contribution is 7.89. The first-order valence-electron chi connectivity index (χ1n) is 6.61. The number of amides is 1. The minimum atomic E-state index is -3.89. The number of halogens is 1. The van der Waals surface area contributed by atoms with Gasteiger partial charge in [-0.2, -0.15) is 5.26 Å². The van der Waals surface area contributed by atoms with Crippen LogP contribution in [0.4, 0.5) is 0 Å². The van der Waals surface area contributed by atoms with Crippen LogP contribution in [0.5, 0.6) is 0 Å². The highest BCUT2D eigenvalue weighted by Gasteiger charge is 2.19. The van der Waals surface area contributed by atoms with E-state index >= 15 is 0 Å². The van der Waals surface area contributed by atoms with Gasteiger partial charge in [-0.1, -0.05) is 29.8 Å². The van der Waals surface area contributed by atoms with Gasteiger partial charge in [0, 0.05) is 10.6 Å². The molecule has 2 aromatic rings. The number of nitrogens with one attached hydrogen (secondary N) is 1. The molecule has 0 unspecified atom stereocenters. The molecule has 5 nitrogen and oxygen atoms in total. The monoisotopic (exact) mass is 348 g/mol. The lowest BCUT2D eigenvalue weighted by molar-refractivity contribution is 0.0981. The SMILES string of the molecule is Cc1c(Cl)cccc1C(=O)NS(=O)(=O)Cc1cccc(C#N)c1. The molecule has 23 heavy (non-hydrogen) atoms. The van der Waals surface area contributed by atoms with Crippen LogP contribution in [-0.4, -0.2) is 14.3 Å². The van der Waals surface area contributed by atoms with Crippen molar-refractivity contribution >= 4 is 27.5 Å². The summed E-state index contributed by atoms with van der Waals surface area (Å²) >= 11 is 5.93. The lowest BCUT2D eigenvalue weighted by Crippen LogP contribution is -2.32. The van der Waals surface area contributed by atoms with E-state index in [1.54, 1.807) is 37.3 Å². The van der Waals surface area contributed by atoms with E-state index in [9.17, 15) is 13.2 Å². The molecule has 2 rings (SSSR count). The summed E-state index contributed by atoms with van der Waals surface area (Å²) in [5.41, 5.74) is 1.49. The van der Waals surface area contributed by atoms with Gasteiger partial charge < -0.3 is 0 Å². The average molecular weight is 349 g/mol. The van der Waals surface area contributed by atoms with E-state index in [0.29, 0.717) is 21.7 Å². The molecule has 2 aromatic carbocycles. The Morgan fingerprint density at radius 1 is 1.26 bits per heavy atom. The molecule has 0 saturated carbocycles. The Balaban J connectivity index is 2.19. The number of carbonyl (C=O) groups is 1. The molecule has 1 N–H and O–H groups in total. The van der Waals surface area contributed by atoms with Gasteiger partial charge in [0.15, 0.2) is 0 Å². The van der Waals surface area contributed by atoms with E-state index in [-0.39, 0.29) is 5.56 Å². The number of nitrogens with zero attached hydrogens (tertiary/aromatic N) is 1. The van der Waals surface area contributed by atoms with Crippen LogP contribution in [0, 0.1) is 18.3 Å². The summed E-state index contributed by atoms with van der Waals surface area (Å²) in [6, 6.07) is 12.8. The van der Waals surface area contributed by atoms with Crippen molar-refractivity contribution in [3.8, 4) is 6.07 Å². The molecular formula is C16H13ClN2O3S. The maximum absolute atomic E-state index is 12.1. The largest absolute Gasteiger partial charge is 0.268 e. The molecule has 0 heterocycles. The Bertz CT molecular complexity index is 902. The molecule has 0 aromatic heterocycles. The molecule has 7 heteroatoms. The Hall–Kier alpha value is -2.36. The number of rotatable bonds is 4. The summed E-state index contributed by atoms with van der Waals surface area (Å²) in [6.07, 6.45) is 0. The van der Waals surface area contributed by atoms with Crippen molar-refractivity contribution in [3.05, 3.63) is 69.7 Å². The van der Waals surface area contributed by atoms with Crippen molar-refractivity contribution in [2.45, 2.75) is 12.7 Å². The molecule has 0 aliphatic carbocycles. The number of hydrogen-bond donors (Lipinski definition) is 1. The van der Waals surface area contributed by atoms with Gasteiger partial charge in [0.05, 0.1) is 17.4 Å². The molecule has 0 bridgehead atoms. The van der Waals surface area contributed by atoms with Crippen LogP contribution < -0.4 is 4.72 Å². The minimum absolute atomic E-state index is 0.201. The fourth-order valence-corrected chi connectivity index (χ4v) is 3.29. The van der Waals surface area contributed by atoms with Gasteiger partial charge in [-0.25, -0.2) is 13.1 Å². The summed E-state index contributed by atoms with van der Waals surface area (Å²) in [5.74, 6) is -1.13. The van der Waals surface area contributed by atoms with E-state index in [1.165, 1.54) is 12.1 Å². The van der Waals surface area contributed by atoms with Gasteiger partial charge in [0.25, 0.3) is 5.91 Å². The van der Waals surface area contributed by atoms with Crippen molar-refractivity contribution in [2.24, 2.45) is 0 Å². The average Bonchev–Trinajstić information content (AvgIpc) is 2.49. The summed E-state index contributed by atoms with van der Waals surface area (Å²) < 4.78 is 26.3. The number of benzene rings is 2. The standard InChI is InChI=1S/C16H13ClN2O3S/c1-11-14(6-3-7-15(11)17)16(20)19-23(21,22)10-13-5-2-4-12(8-13)9-18/h2-8H,10H2,1H3,(H,19,20). The maximum atomic E-state index is 12.1. The van der Waals surface area contributed by atoms with Crippen molar-refractivity contribution in [2.75, 3.05) is 0 Å². The second-order valence-corrected chi connectivity index (χ2v) is 7.04. The first-order chi connectivity index (χ1) is 10.8. The Kier molecular flexibility index (Phi) is 5.04. The molecular weight excluding hydrogens is 336 g/mol. The molecule has 118 valence electrons. The Morgan fingerprint density at radius 3 is 2.65 bits per heavy atom. The second-order valence-electron chi connectivity index (χ2n) is 4.91. The zero-order valence-electron chi connectivity index (χ0n) is 12.2. The molecule has 0 radical (unpaired) electrons. The van der Waals surface area contributed by atoms with E-state index < -0.39 is 21.7 Å². The number of nitriles is 1. The molecule has 0 spiro atoms. The fraction of sp³-hybridized carbons (Fsp3) is 0.125. The van der Waals surface area contributed by atoms with Crippen LogP contribution >= 0.6 is 11.6 Å². The van der Waals surface area contributed by atoms with Gasteiger partial charge >= 0.3 is 0 Å². The van der Waals surface area contributed by atoms with Crippen LogP contribution in [0.25, 0.3) is 0 Å². The van der Waals surface area contributed by atoms with E-state index in [4.69, 9.17) is 16.9 Å². The maximum Gasteiger partial charge on any atom is 0.265 e. The van der Waals surface area contributed by atoms with Crippen molar-refractivity contribution in [1.82, 2.24) is 4.72 Å². The third kappa shape index (κ3) is 4.31. The molecule has 0 fully saturated rings. The normalized spacial score (nSPS) is 10.8. The van der Waals surface area contributed by atoms with Gasteiger partial charge in [0.2, 0.25) is 10.0 Å². The third-order valence-electron chi connectivity index (χ3n) is 3.17. The molecule has 1 amide bonds. The predicted octanol–water partition coefficient (Wildman–Crippen LogP) is 2.78. The van der Waals surface area contributed by atoms with E-state index in [2.05, 4.69) is 0 Å². The summed E-state index contributed by atoms with van der Waals surface area (Å²) in [7, 11) is -3.89. The number of carbonyl (C=O) groups excluding carboxylic acids is 1. The second kappa shape index (κ2) is 6.82. The van der Waals surface area contributed by atoms with Gasteiger partial charge in [-0.3, -0.25) is 4.79 Å². The molecule has 0 aliphatic heterocycles. The zero-order chi connectivity index (χ0) is 17.0. The van der Waals surface area contributed by atoms with Crippen molar-refractivity contribution in [3.63, 3.8) is 0 Å². The van der Waals surface area contributed by atoms with Crippen molar-refractivity contribution in [1.29, 1.82) is 5.26 Å². The summed E-state index contributed by atoms with van der Waals surface area (Å²) in [6.45, 7) is 1.64. The van der Waals surface area contributed by atoms with Crippen molar-refractivity contribution < 1.29 is 13.2 Å². The van der Waals surface area contributed by atoms with Crippen LogP contribution in [0.3, 0.4) is 0 Å². The lowest BCUT2D eigenvalue weighted by Gasteiger charge is -2.10. The minimum Gasteiger partial charge on any atom is -0.268 e. The molecule has 0 saturated heterocycles. The zero-order valence-corrected chi connectivity index (χ0v) is 13.8. The summed E-state index contributed by atoms with van der Waals surface area (Å²) in [5, 5.41) is 9.22. The van der Waals surface area contributed by atoms with E-state index in [1.807, 2.05) is 10.8 Å². The lowest BCUT2D eigenvalue weighted by atomic mass is 10.1. The van der Waals surface area contributed by atoms with Crippen LogP contribution in [0.2, 0.25) is 5.02 Å². The quantitative estimate of drug-likeness (QED) is 0.920. The van der Waals surface area contributed by atoms with Crippen LogP contribution in [0.1, 0.15) is 27.0 Å². The van der Waals surface area contributed by atoms with E-state index in [0.717, 1.165) is 0 Å². The summed E-state index contributed by atoms with van der Waals surface area (Å²) in [4.78, 5) is 12.1. The smallest absolute Gasteiger partial charge is 0.265 e. The first-order valence-corrected chi connectivity index (χ1v) is 8.64. The molecule has 0 aliphatic rings. The van der Waals surface area contributed by atoms with Gasteiger partial charge in [0.1, 0.15) is 0 Å². The topological polar surface area (TPSA) is 87.0 Å². The third-order valence-corrected chi connectivity index (χ3v) is 4.79. The first kappa shape index (κ1) is 17.0. The van der Waals surface area contributed by atoms with Gasteiger partial charge in [-0.05, 0) is 42.3 Å². The highest BCUT2D eigenvalue weighted by Crippen LogP contribution is 2.19. The van der Waals surface area contributed by atoms with Crippen LogP contribution in [0.15, 0.2) is 42.5 Å². The Morgan fingerprint density at radius 2 is 1.96 bits per heavy atom. The fourth-order valence-electron chi connectivity index (χ4n) is 2.04. The molecule has 0 atom stereocenters. The van der Waals surface area contributed by atoms with Crippen LogP contribution in [-0.2, 0) is 15.8 Å². The number of sulfonamides is 1. The predicted molar refractivity (Wildman–Crippen MR) is 87.4 cm³/mol.